The van der Waals surface area contributed by atoms with Crippen LogP contribution < -0.4 is 18.4 Å². The molecule has 6 aromatic rings. The van der Waals surface area contributed by atoms with Crippen LogP contribution in [-0.4, -0.2) is 11.8 Å². The minimum atomic E-state index is -5.33. The molecule has 0 heterocycles. The van der Waals surface area contributed by atoms with Crippen LogP contribution in [0.15, 0.2) is 178 Å². The summed E-state index contributed by atoms with van der Waals surface area (Å²) >= 11 is -5.33. The second-order valence-electron chi connectivity index (χ2n) is 14.5. The van der Waals surface area contributed by atoms with Crippen molar-refractivity contribution in [2.24, 2.45) is 0 Å². The van der Waals surface area contributed by atoms with Crippen molar-refractivity contribution in [3.8, 4) is 0 Å². The molecule has 59 heavy (non-hydrogen) atoms. The van der Waals surface area contributed by atoms with Crippen LogP contribution in [0.4, 0.5) is 28.9 Å². The first-order valence-corrected chi connectivity index (χ1v) is 22.4. The molecule has 292 valence electrons. The van der Waals surface area contributed by atoms with Crippen LogP contribution in [0.3, 0.4) is 0 Å². The van der Waals surface area contributed by atoms with E-state index in [0.717, 1.165) is 35.4 Å². The molecule has 0 saturated carbocycles. The monoisotopic (exact) mass is 822 g/mol. The van der Waals surface area contributed by atoms with Gasteiger partial charge in [0.1, 0.15) is 0 Å². The Kier molecular flexibility index (Phi) is 11.5. The standard InChI is InChI=1S/2C20H14F2NO.2C5H5.Ti/c2*21-16-10-11-19(18(22)13-16)23-20(24)17-9-5-4-8-15(17)12-14-6-2-1-3-7-14;2*1-2-4-5-3-1;/h2*1-11H,12H2,(H,23,24);2*1-3H,4H2;. The number of hydrogen-bond acceptors (Lipinski definition) is 2. The molecule has 9 heteroatoms. The summed E-state index contributed by atoms with van der Waals surface area (Å²) < 4.78 is 68.7. The molecule has 0 bridgehead atoms. The van der Waals surface area contributed by atoms with Gasteiger partial charge >= 0.3 is 345 Å². The molecule has 0 unspecified atom stereocenters. The number of halogens is 4. The van der Waals surface area contributed by atoms with Gasteiger partial charge in [0.2, 0.25) is 0 Å². The van der Waals surface area contributed by atoms with Gasteiger partial charge in [-0.3, -0.25) is 0 Å². The van der Waals surface area contributed by atoms with E-state index in [1.165, 1.54) is 0 Å². The van der Waals surface area contributed by atoms with Crippen LogP contribution in [0.25, 0.3) is 0 Å². The Morgan fingerprint density at radius 1 is 0.492 bits per heavy atom. The summed E-state index contributed by atoms with van der Waals surface area (Å²) in [5.41, 5.74) is 3.27. The molecule has 0 spiro atoms. The normalized spacial score (nSPS) is 13.3. The number of hydrogen-bond donors (Lipinski definition) is 2. The topological polar surface area (TPSA) is 58.2 Å². The number of amides is 2. The van der Waals surface area contributed by atoms with Crippen LogP contribution in [0, 0.1) is 23.3 Å². The molecule has 0 saturated heterocycles. The Hall–Kier alpha value is -6.35. The van der Waals surface area contributed by atoms with E-state index in [9.17, 15) is 9.59 Å². The number of anilines is 2. The third kappa shape index (κ3) is 7.82. The van der Waals surface area contributed by atoms with Crippen molar-refractivity contribution >= 4 is 30.9 Å². The molecule has 4 nitrogen and oxygen atoms in total. The minimum absolute atomic E-state index is 0.196. The second kappa shape index (κ2) is 17.3. The van der Waals surface area contributed by atoms with Gasteiger partial charge in [-0.1, -0.05) is 0 Å². The quantitative estimate of drug-likeness (QED) is 0.0954. The van der Waals surface area contributed by atoms with Crippen LogP contribution in [-0.2, 0) is 29.4 Å². The molecule has 2 N–H and O–H groups in total. The maximum atomic E-state index is 17.5. The van der Waals surface area contributed by atoms with Crippen molar-refractivity contribution in [1.82, 2.24) is 0 Å². The molecule has 0 fully saturated rings. The third-order valence-electron chi connectivity index (χ3n) is 10.9. The van der Waals surface area contributed by atoms with Gasteiger partial charge in [0.25, 0.3) is 0 Å². The van der Waals surface area contributed by atoms with Crippen molar-refractivity contribution in [2.75, 3.05) is 10.6 Å². The molecule has 6 aromatic carbocycles. The number of benzene rings is 6. The molecule has 8 rings (SSSR count). The van der Waals surface area contributed by atoms with Crippen molar-refractivity contribution in [3.05, 3.63) is 234 Å². The number of allylic oxidation sites excluding steroid dienone is 8. The van der Waals surface area contributed by atoms with E-state index in [1.807, 2.05) is 84.9 Å². The summed E-state index contributed by atoms with van der Waals surface area (Å²) in [4.78, 5) is 27.9. The van der Waals surface area contributed by atoms with Crippen molar-refractivity contribution in [3.63, 3.8) is 0 Å². The molecule has 2 amide bonds. The fourth-order valence-electron chi connectivity index (χ4n) is 8.21. The fourth-order valence-corrected chi connectivity index (χ4v) is 16.5. The molecule has 0 atom stereocenters. The Labute approximate surface area is 343 Å². The predicted molar refractivity (Wildman–Crippen MR) is 223 cm³/mol. The summed E-state index contributed by atoms with van der Waals surface area (Å²) in [5.74, 6) is -5.44. The second-order valence-corrected chi connectivity index (χ2v) is 20.4. The average Bonchev–Trinajstić information content (AvgIpc) is 4.00. The Bertz CT molecular complexity index is 2520. The number of rotatable bonds is 12. The van der Waals surface area contributed by atoms with E-state index in [-0.39, 0.29) is 24.2 Å². The molecule has 0 radical (unpaired) electrons. The number of carbonyl (C=O) groups excluding carboxylic acids is 2. The van der Waals surface area contributed by atoms with Crippen molar-refractivity contribution < 1.29 is 43.7 Å². The average molecular weight is 823 g/mol. The summed E-state index contributed by atoms with van der Waals surface area (Å²) in [5, 5.41) is 5.33. The zero-order valence-electron chi connectivity index (χ0n) is 31.8. The fraction of sp³-hybridized carbons (Fsp3) is 0.0800. The Morgan fingerprint density at radius 3 is 1.27 bits per heavy atom. The molecular weight excluding hydrogens is 784 g/mol. The van der Waals surface area contributed by atoms with Gasteiger partial charge in [-0.2, -0.15) is 0 Å². The van der Waals surface area contributed by atoms with E-state index in [1.54, 1.807) is 60.7 Å². The Balaban J connectivity index is 1.23. The van der Waals surface area contributed by atoms with Crippen molar-refractivity contribution in [2.45, 2.75) is 25.7 Å². The zero-order chi connectivity index (χ0) is 40.9. The SMILES string of the molecule is O=C(Nc1ccc(F)[c]([Ti]([C]2=CC=CC2)([C]2=CC=CC2)[c]2c(F)ccc(NC(=O)c3ccccc3Cc3ccccc3)c2F)c1F)c1ccccc1Cc1ccccc1. The van der Waals surface area contributed by atoms with Crippen molar-refractivity contribution in [1.29, 1.82) is 0 Å². The Morgan fingerprint density at radius 2 is 0.881 bits per heavy atom. The van der Waals surface area contributed by atoms with Gasteiger partial charge in [0.15, 0.2) is 0 Å². The van der Waals surface area contributed by atoms with Gasteiger partial charge in [-0.25, -0.2) is 0 Å². The van der Waals surface area contributed by atoms with Crippen LogP contribution in [0.2, 0.25) is 0 Å². The van der Waals surface area contributed by atoms with E-state index in [0.29, 0.717) is 42.9 Å². The summed E-state index contributed by atoms with van der Waals surface area (Å²) in [6.45, 7) is 0. The first-order valence-electron chi connectivity index (χ1n) is 19.3. The van der Waals surface area contributed by atoms with Gasteiger partial charge in [-0.15, -0.1) is 0 Å². The van der Waals surface area contributed by atoms with Gasteiger partial charge < -0.3 is 0 Å². The summed E-state index contributed by atoms with van der Waals surface area (Å²) in [6, 6.07) is 37.4. The molecule has 0 aliphatic heterocycles. The molecule has 2 aliphatic carbocycles. The first kappa shape index (κ1) is 39.5. The van der Waals surface area contributed by atoms with E-state index in [4.69, 9.17) is 0 Å². The maximum absolute atomic E-state index is 17.5. The van der Waals surface area contributed by atoms with Crippen LogP contribution >= 0.6 is 0 Å². The molecule has 0 aromatic heterocycles. The molecular formula is C50H38F4N2O2Ti. The summed E-state index contributed by atoms with van der Waals surface area (Å²) in [7, 11) is 0. The molecule has 2 aliphatic rings. The first-order chi connectivity index (χ1) is 28.8. The predicted octanol–water partition coefficient (Wildman–Crippen LogP) is 10.7. The van der Waals surface area contributed by atoms with E-state index in [2.05, 4.69) is 10.6 Å². The van der Waals surface area contributed by atoms with Crippen LogP contribution in [0.5, 0.6) is 0 Å². The van der Waals surface area contributed by atoms with E-state index < -0.39 is 59.4 Å². The van der Waals surface area contributed by atoms with Gasteiger partial charge in [0, 0.05) is 0 Å². The number of carbonyl (C=O) groups is 2. The van der Waals surface area contributed by atoms with E-state index >= 15 is 17.6 Å². The number of nitrogens with one attached hydrogen (secondary N) is 2. The third-order valence-corrected chi connectivity index (χ3v) is 18.9. The zero-order valence-corrected chi connectivity index (χ0v) is 33.4. The van der Waals surface area contributed by atoms with Gasteiger partial charge in [0.05, 0.1) is 0 Å². The van der Waals surface area contributed by atoms with Gasteiger partial charge in [-0.05, 0) is 0 Å². The summed E-state index contributed by atoms with van der Waals surface area (Å²) in [6.07, 6.45) is 11.6. The van der Waals surface area contributed by atoms with Crippen LogP contribution in [0.1, 0.15) is 55.8 Å².